The normalized spacial score (nSPS) is 21.1. The van der Waals surface area contributed by atoms with Gasteiger partial charge in [0.15, 0.2) is 0 Å². The third-order valence-electron chi connectivity index (χ3n) is 3.85. The smallest absolute Gasteiger partial charge is 0.227 e. The van der Waals surface area contributed by atoms with Crippen molar-refractivity contribution in [3.63, 3.8) is 0 Å². The quantitative estimate of drug-likeness (QED) is 0.799. The maximum Gasteiger partial charge on any atom is 0.227 e. The van der Waals surface area contributed by atoms with Gasteiger partial charge in [0.2, 0.25) is 11.8 Å². The van der Waals surface area contributed by atoms with Crippen LogP contribution in [0.25, 0.3) is 0 Å². The van der Waals surface area contributed by atoms with Crippen LogP contribution in [0.4, 0.5) is 11.4 Å². The molecule has 2 amide bonds. The van der Waals surface area contributed by atoms with Crippen molar-refractivity contribution in [2.45, 2.75) is 26.2 Å². The van der Waals surface area contributed by atoms with Gasteiger partial charge in [-0.25, -0.2) is 0 Å². The monoisotopic (exact) mass is 309 g/mol. The van der Waals surface area contributed by atoms with E-state index >= 15 is 0 Å². The molecule has 21 heavy (non-hydrogen) atoms. The van der Waals surface area contributed by atoms with E-state index in [-0.39, 0.29) is 23.7 Å². The number of halogens is 1. The van der Waals surface area contributed by atoms with Gasteiger partial charge in [-0.3, -0.25) is 9.59 Å². The number of amides is 2. The molecule has 0 spiro atoms. The summed E-state index contributed by atoms with van der Waals surface area (Å²) in [4.78, 5) is 23.6. The molecule has 2 rings (SSSR count). The Hall–Kier alpha value is -1.59. The molecular formula is C15H20ClN3O2. The van der Waals surface area contributed by atoms with Gasteiger partial charge >= 0.3 is 0 Å². The summed E-state index contributed by atoms with van der Waals surface area (Å²) in [7, 11) is 0. The molecule has 1 fully saturated rings. The van der Waals surface area contributed by atoms with E-state index in [1.54, 1.807) is 18.2 Å². The van der Waals surface area contributed by atoms with Gasteiger partial charge in [-0.05, 0) is 43.5 Å². The number of rotatable bonds is 4. The molecule has 5 nitrogen and oxygen atoms in total. The van der Waals surface area contributed by atoms with Crippen molar-refractivity contribution in [2.75, 3.05) is 17.2 Å². The van der Waals surface area contributed by atoms with Crippen molar-refractivity contribution in [3.05, 3.63) is 23.2 Å². The summed E-state index contributed by atoms with van der Waals surface area (Å²) in [6.45, 7) is 1.94. The molecule has 1 aliphatic carbocycles. The summed E-state index contributed by atoms with van der Waals surface area (Å²) >= 11 is 5.93. The molecule has 6 heteroatoms. The molecule has 1 aliphatic rings. The number of nitrogens with two attached hydrogens (primary N) is 1. The average molecular weight is 310 g/mol. The number of hydrogen-bond donors (Lipinski definition) is 3. The number of carbonyl (C=O) groups excluding carboxylic acids is 2. The molecule has 0 bridgehead atoms. The van der Waals surface area contributed by atoms with E-state index in [1.165, 1.54) is 6.92 Å². The fourth-order valence-corrected chi connectivity index (χ4v) is 2.98. The van der Waals surface area contributed by atoms with Crippen LogP contribution >= 0.6 is 11.6 Å². The third kappa shape index (κ3) is 3.95. The van der Waals surface area contributed by atoms with Gasteiger partial charge in [0.25, 0.3) is 0 Å². The van der Waals surface area contributed by atoms with E-state index in [9.17, 15) is 9.59 Å². The van der Waals surface area contributed by atoms with Crippen molar-refractivity contribution in [2.24, 2.45) is 17.6 Å². The largest absolute Gasteiger partial charge is 0.330 e. The van der Waals surface area contributed by atoms with E-state index in [4.69, 9.17) is 17.3 Å². The zero-order valence-corrected chi connectivity index (χ0v) is 12.7. The molecule has 0 unspecified atom stereocenters. The number of benzene rings is 1. The molecule has 1 aromatic rings. The summed E-state index contributed by atoms with van der Waals surface area (Å²) < 4.78 is 0. The van der Waals surface area contributed by atoms with Gasteiger partial charge in [-0.2, -0.15) is 0 Å². The fraction of sp³-hybridized carbons (Fsp3) is 0.467. The Morgan fingerprint density at radius 3 is 2.71 bits per heavy atom. The predicted molar refractivity (Wildman–Crippen MR) is 84.3 cm³/mol. The van der Waals surface area contributed by atoms with Crippen LogP contribution < -0.4 is 16.4 Å². The fourth-order valence-electron chi connectivity index (χ4n) is 2.81. The first-order valence-corrected chi connectivity index (χ1v) is 7.47. The lowest BCUT2D eigenvalue weighted by atomic mass is 9.95. The highest BCUT2D eigenvalue weighted by Crippen LogP contribution is 2.33. The van der Waals surface area contributed by atoms with Crippen molar-refractivity contribution < 1.29 is 9.59 Å². The lowest BCUT2D eigenvalue weighted by Crippen LogP contribution is -2.30. The maximum absolute atomic E-state index is 12.4. The standard InChI is InChI=1S/C15H20ClN3O2/c1-9(20)18-14-7-11(16)5-6-13(14)19-15(21)12-4-2-3-10(12)8-17/h5-7,10,12H,2-4,8,17H2,1H3,(H,18,20)(H,19,21)/t10-,12-/m1/s1. The first-order valence-electron chi connectivity index (χ1n) is 7.09. The lowest BCUT2D eigenvalue weighted by Gasteiger charge is -2.19. The highest BCUT2D eigenvalue weighted by molar-refractivity contribution is 6.31. The minimum atomic E-state index is -0.214. The van der Waals surface area contributed by atoms with Crippen molar-refractivity contribution in [3.8, 4) is 0 Å². The molecule has 0 saturated heterocycles. The molecule has 0 radical (unpaired) electrons. The SMILES string of the molecule is CC(=O)Nc1cc(Cl)ccc1NC(=O)[C@@H]1CCC[C@@H]1CN. The van der Waals surface area contributed by atoms with Gasteiger partial charge in [0, 0.05) is 17.9 Å². The summed E-state index contributed by atoms with van der Waals surface area (Å²) in [5.41, 5.74) is 6.78. The zero-order valence-electron chi connectivity index (χ0n) is 12.0. The highest BCUT2D eigenvalue weighted by atomic mass is 35.5. The molecule has 0 aromatic heterocycles. The zero-order chi connectivity index (χ0) is 15.4. The summed E-state index contributed by atoms with van der Waals surface area (Å²) in [5, 5.41) is 6.05. The Labute approximate surface area is 129 Å². The van der Waals surface area contributed by atoms with Gasteiger partial charge < -0.3 is 16.4 Å². The minimum absolute atomic E-state index is 0.0446. The third-order valence-corrected chi connectivity index (χ3v) is 4.08. The van der Waals surface area contributed by atoms with Crippen LogP contribution in [0.1, 0.15) is 26.2 Å². The van der Waals surface area contributed by atoms with Crippen LogP contribution in [0.3, 0.4) is 0 Å². The van der Waals surface area contributed by atoms with Crippen LogP contribution in [0.2, 0.25) is 5.02 Å². The first kappa shape index (κ1) is 15.8. The maximum atomic E-state index is 12.4. The van der Waals surface area contributed by atoms with E-state index in [0.29, 0.717) is 22.9 Å². The molecular weight excluding hydrogens is 290 g/mol. The van der Waals surface area contributed by atoms with Crippen LogP contribution in [0, 0.1) is 11.8 Å². The van der Waals surface area contributed by atoms with E-state index in [0.717, 1.165) is 19.3 Å². The van der Waals surface area contributed by atoms with Gasteiger partial charge in [-0.15, -0.1) is 0 Å². The van der Waals surface area contributed by atoms with Gasteiger partial charge in [-0.1, -0.05) is 18.0 Å². The number of carbonyl (C=O) groups is 2. The predicted octanol–water partition coefficient (Wildman–Crippen LogP) is 2.61. The Balaban J connectivity index is 2.15. The second kappa shape index (κ2) is 6.91. The van der Waals surface area contributed by atoms with Crippen molar-refractivity contribution in [1.29, 1.82) is 0 Å². The Kier molecular flexibility index (Phi) is 5.20. The Bertz CT molecular complexity index is 548. The number of nitrogens with one attached hydrogen (secondary N) is 2. The number of hydrogen-bond acceptors (Lipinski definition) is 3. The molecule has 1 saturated carbocycles. The van der Waals surface area contributed by atoms with Crippen LogP contribution in [0.15, 0.2) is 18.2 Å². The van der Waals surface area contributed by atoms with Gasteiger partial charge in [0.05, 0.1) is 11.4 Å². The Morgan fingerprint density at radius 2 is 2.05 bits per heavy atom. The van der Waals surface area contributed by atoms with Gasteiger partial charge in [0.1, 0.15) is 0 Å². The number of anilines is 2. The van der Waals surface area contributed by atoms with Crippen molar-refractivity contribution >= 4 is 34.8 Å². The lowest BCUT2D eigenvalue weighted by molar-refractivity contribution is -0.120. The molecule has 2 atom stereocenters. The van der Waals surface area contributed by atoms with E-state index in [2.05, 4.69) is 10.6 Å². The second-order valence-electron chi connectivity index (χ2n) is 5.39. The molecule has 114 valence electrons. The summed E-state index contributed by atoms with van der Waals surface area (Å²) in [5.74, 6) is -0.0808. The van der Waals surface area contributed by atoms with Crippen molar-refractivity contribution in [1.82, 2.24) is 0 Å². The molecule has 0 aliphatic heterocycles. The highest BCUT2D eigenvalue weighted by Gasteiger charge is 2.32. The first-order chi connectivity index (χ1) is 10.0. The molecule has 4 N–H and O–H groups in total. The van der Waals surface area contributed by atoms with Crippen LogP contribution in [-0.2, 0) is 9.59 Å². The molecule has 0 heterocycles. The topological polar surface area (TPSA) is 84.2 Å². The summed E-state index contributed by atoms with van der Waals surface area (Å²) in [6, 6.07) is 4.99. The van der Waals surface area contributed by atoms with Crippen LogP contribution in [-0.4, -0.2) is 18.4 Å². The van der Waals surface area contributed by atoms with E-state index < -0.39 is 0 Å². The van der Waals surface area contributed by atoms with Crippen LogP contribution in [0.5, 0.6) is 0 Å². The second-order valence-corrected chi connectivity index (χ2v) is 5.83. The summed E-state index contributed by atoms with van der Waals surface area (Å²) in [6.07, 6.45) is 2.88. The van der Waals surface area contributed by atoms with E-state index in [1.807, 2.05) is 0 Å². The minimum Gasteiger partial charge on any atom is -0.330 e. The Morgan fingerprint density at radius 1 is 1.29 bits per heavy atom. The average Bonchev–Trinajstić information content (AvgIpc) is 2.89. The molecule has 1 aromatic carbocycles.